The molecule has 0 radical (unpaired) electrons. The zero-order valence-corrected chi connectivity index (χ0v) is 19.9. The molecule has 1 atom stereocenters. The first kappa shape index (κ1) is 23.7. The highest BCUT2D eigenvalue weighted by Crippen LogP contribution is 2.38. The summed E-state index contributed by atoms with van der Waals surface area (Å²) >= 11 is 5.69. The van der Waals surface area contributed by atoms with E-state index in [2.05, 4.69) is 22.5 Å². The predicted octanol–water partition coefficient (Wildman–Crippen LogP) is 3.33. The van der Waals surface area contributed by atoms with Crippen molar-refractivity contribution < 1.29 is 19.0 Å². The molecule has 0 aromatic heterocycles. The first-order chi connectivity index (χ1) is 15.5. The number of thiocarbonyl (C=S) groups is 1. The first-order valence-electron chi connectivity index (χ1n) is 10.7. The second-order valence-corrected chi connectivity index (χ2v) is 7.92. The van der Waals surface area contributed by atoms with Gasteiger partial charge < -0.3 is 29.7 Å². The van der Waals surface area contributed by atoms with Crippen molar-refractivity contribution in [3.05, 3.63) is 53.1 Å². The van der Waals surface area contributed by atoms with Gasteiger partial charge in [-0.15, -0.1) is 0 Å². The molecule has 7 nitrogen and oxygen atoms in total. The molecule has 1 unspecified atom stereocenters. The summed E-state index contributed by atoms with van der Waals surface area (Å²) in [5.74, 6) is 1.93. The van der Waals surface area contributed by atoms with Crippen molar-refractivity contribution in [3.63, 3.8) is 0 Å². The zero-order chi connectivity index (χ0) is 23.1. The number of rotatable bonds is 8. The van der Waals surface area contributed by atoms with Crippen LogP contribution in [0.4, 0.5) is 0 Å². The lowest BCUT2D eigenvalue weighted by Gasteiger charge is -2.39. The third-order valence-electron chi connectivity index (χ3n) is 5.60. The summed E-state index contributed by atoms with van der Waals surface area (Å²) in [5, 5.41) is 7.08. The molecule has 2 aromatic rings. The van der Waals surface area contributed by atoms with E-state index in [1.54, 1.807) is 45.6 Å². The molecule has 8 heteroatoms. The van der Waals surface area contributed by atoms with E-state index in [4.69, 9.17) is 26.4 Å². The number of fused-ring (bicyclic) bond motifs is 1. The molecule has 32 heavy (non-hydrogen) atoms. The van der Waals surface area contributed by atoms with Crippen molar-refractivity contribution in [1.29, 1.82) is 0 Å². The summed E-state index contributed by atoms with van der Waals surface area (Å²) in [6, 6.07) is 10.9. The van der Waals surface area contributed by atoms with E-state index in [1.807, 2.05) is 12.1 Å². The van der Waals surface area contributed by atoms with Gasteiger partial charge in [0.1, 0.15) is 5.75 Å². The number of carbonyl (C=O) groups is 1. The van der Waals surface area contributed by atoms with Crippen LogP contribution in [0, 0.1) is 0 Å². The Hall–Kier alpha value is -3.00. The molecule has 1 aliphatic rings. The largest absolute Gasteiger partial charge is 0.497 e. The molecule has 2 aromatic carbocycles. The summed E-state index contributed by atoms with van der Waals surface area (Å²) in [5.41, 5.74) is 2.82. The third kappa shape index (κ3) is 5.24. The molecule has 0 spiro atoms. The van der Waals surface area contributed by atoms with Crippen molar-refractivity contribution in [2.45, 2.75) is 25.8 Å². The van der Waals surface area contributed by atoms with E-state index >= 15 is 0 Å². The number of nitrogens with one attached hydrogen (secondary N) is 2. The molecule has 172 valence electrons. The molecular weight excluding hydrogens is 426 g/mol. The Morgan fingerprint density at radius 3 is 2.38 bits per heavy atom. The van der Waals surface area contributed by atoms with Crippen LogP contribution in [0.2, 0.25) is 0 Å². The van der Waals surface area contributed by atoms with Gasteiger partial charge in [-0.25, -0.2) is 0 Å². The number of ether oxygens (including phenoxy) is 3. The molecule has 1 heterocycles. The van der Waals surface area contributed by atoms with Crippen LogP contribution < -0.4 is 24.8 Å². The summed E-state index contributed by atoms with van der Waals surface area (Å²) in [6.45, 7) is 4.06. The quantitative estimate of drug-likeness (QED) is 0.589. The fourth-order valence-corrected chi connectivity index (χ4v) is 4.18. The average molecular weight is 458 g/mol. The number of hydrogen-bond acceptors (Lipinski definition) is 5. The lowest BCUT2D eigenvalue weighted by atomic mass is 9.92. The highest BCUT2D eigenvalue weighted by molar-refractivity contribution is 7.80. The van der Waals surface area contributed by atoms with Gasteiger partial charge in [0.2, 0.25) is 0 Å². The van der Waals surface area contributed by atoms with Gasteiger partial charge >= 0.3 is 0 Å². The molecule has 0 fully saturated rings. The minimum Gasteiger partial charge on any atom is -0.497 e. The maximum atomic E-state index is 12.8. The molecule has 0 bridgehead atoms. The van der Waals surface area contributed by atoms with Gasteiger partial charge in [-0.05, 0) is 72.6 Å². The monoisotopic (exact) mass is 457 g/mol. The average Bonchev–Trinajstić information content (AvgIpc) is 2.84. The van der Waals surface area contributed by atoms with Crippen LogP contribution in [0.1, 0.15) is 40.9 Å². The standard InChI is InChI=1S/C24H31N3O4S/c1-5-11-25-24(32)27-12-10-17-13-21(30-3)22(31-4)14-19(17)20(27)15-26-23(28)16-6-8-18(29-2)9-7-16/h6-9,13-14,20H,5,10-12,15H2,1-4H3,(H,25,32)(H,26,28). The van der Waals surface area contributed by atoms with Crippen molar-refractivity contribution in [2.75, 3.05) is 41.0 Å². The summed E-state index contributed by atoms with van der Waals surface area (Å²) in [4.78, 5) is 15.0. The maximum Gasteiger partial charge on any atom is 0.251 e. The Morgan fingerprint density at radius 2 is 1.75 bits per heavy atom. The van der Waals surface area contributed by atoms with E-state index in [0.717, 1.165) is 31.5 Å². The molecule has 0 saturated heterocycles. The van der Waals surface area contributed by atoms with Crippen LogP contribution in [-0.4, -0.2) is 56.9 Å². The van der Waals surface area contributed by atoms with Gasteiger partial charge in [0.15, 0.2) is 16.6 Å². The molecule has 3 rings (SSSR count). The number of hydrogen-bond donors (Lipinski definition) is 2. The molecule has 1 aliphatic heterocycles. The number of nitrogens with zero attached hydrogens (tertiary/aromatic N) is 1. The predicted molar refractivity (Wildman–Crippen MR) is 129 cm³/mol. The minimum absolute atomic E-state index is 0.127. The number of amides is 1. The Bertz CT molecular complexity index is 949. The number of methoxy groups -OCH3 is 3. The number of benzene rings is 2. The molecule has 0 saturated carbocycles. The van der Waals surface area contributed by atoms with Crippen LogP contribution in [0.5, 0.6) is 17.2 Å². The topological polar surface area (TPSA) is 72.1 Å². The van der Waals surface area contributed by atoms with Crippen molar-refractivity contribution in [1.82, 2.24) is 15.5 Å². The Labute approximate surface area is 195 Å². The summed E-state index contributed by atoms with van der Waals surface area (Å²) < 4.78 is 16.2. The molecule has 0 aliphatic carbocycles. The summed E-state index contributed by atoms with van der Waals surface area (Å²) in [6.07, 6.45) is 1.81. The zero-order valence-electron chi connectivity index (χ0n) is 19.1. The van der Waals surface area contributed by atoms with Crippen LogP contribution >= 0.6 is 12.2 Å². The van der Waals surface area contributed by atoms with Crippen LogP contribution in [0.15, 0.2) is 36.4 Å². The van der Waals surface area contributed by atoms with E-state index in [0.29, 0.717) is 34.5 Å². The van der Waals surface area contributed by atoms with Gasteiger partial charge in [-0.1, -0.05) is 6.92 Å². The van der Waals surface area contributed by atoms with Crippen LogP contribution in [-0.2, 0) is 6.42 Å². The Morgan fingerprint density at radius 1 is 1.06 bits per heavy atom. The molecular formula is C24H31N3O4S. The van der Waals surface area contributed by atoms with E-state index in [-0.39, 0.29) is 11.9 Å². The van der Waals surface area contributed by atoms with Gasteiger partial charge in [0.25, 0.3) is 5.91 Å². The van der Waals surface area contributed by atoms with Gasteiger partial charge in [0.05, 0.1) is 27.4 Å². The Kier molecular flexibility index (Phi) is 8.16. The SMILES string of the molecule is CCCNC(=S)N1CCc2cc(OC)c(OC)cc2C1CNC(=O)c1ccc(OC)cc1. The number of carbonyl (C=O) groups excluding carboxylic acids is 1. The van der Waals surface area contributed by atoms with Crippen molar-refractivity contribution >= 4 is 23.2 Å². The summed E-state index contributed by atoms with van der Waals surface area (Å²) in [7, 11) is 4.86. The van der Waals surface area contributed by atoms with E-state index in [9.17, 15) is 4.79 Å². The van der Waals surface area contributed by atoms with Crippen LogP contribution in [0.3, 0.4) is 0 Å². The smallest absolute Gasteiger partial charge is 0.251 e. The second-order valence-electron chi connectivity index (χ2n) is 7.54. The van der Waals surface area contributed by atoms with Gasteiger partial charge in [-0.3, -0.25) is 4.79 Å². The minimum atomic E-state index is -0.146. The Balaban J connectivity index is 1.86. The molecule has 2 N–H and O–H groups in total. The maximum absolute atomic E-state index is 12.8. The normalized spacial score (nSPS) is 14.9. The fourth-order valence-electron chi connectivity index (χ4n) is 3.86. The lowest BCUT2D eigenvalue weighted by Crippen LogP contribution is -2.49. The van der Waals surface area contributed by atoms with Gasteiger partial charge in [0, 0.05) is 25.2 Å². The second kappa shape index (κ2) is 11.0. The third-order valence-corrected chi connectivity index (χ3v) is 5.98. The van der Waals surface area contributed by atoms with Crippen molar-refractivity contribution in [3.8, 4) is 17.2 Å². The molecule has 1 amide bonds. The van der Waals surface area contributed by atoms with Crippen LogP contribution in [0.25, 0.3) is 0 Å². The first-order valence-corrected chi connectivity index (χ1v) is 11.1. The van der Waals surface area contributed by atoms with E-state index in [1.165, 1.54) is 5.56 Å². The van der Waals surface area contributed by atoms with Gasteiger partial charge in [-0.2, -0.15) is 0 Å². The fraction of sp³-hybridized carbons (Fsp3) is 0.417. The van der Waals surface area contributed by atoms with E-state index < -0.39 is 0 Å². The lowest BCUT2D eigenvalue weighted by molar-refractivity contribution is 0.0942. The highest BCUT2D eigenvalue weighted by Gasteiger charge is 2.31. The van der Waals surface area contributed by atoms with Crippen molar-refractivity contribution in [2.24, 2.45) is 0 Å². The highest BCUT2D eigenvalue weighted by atomic mass is 32.1.